The lowest BCUT2D eigenvalue weighted by Gasteiger charge is -2.24. The predicted octanol–water partition coefficient (Wildman–Crippen LogP) is 13.5. The molecule has 1 aliphatic carbocycles. The Balaban J connectivity index is 1.23. The molecule has 0 radical (unpaired) electrons. The highest BCUT2D eigenvalue weighted by Gasteiger charge is 2.37. The van der Waals surface area contributed by atoms with Gasteiger partial charge in [0.2, 0.25) is 5.95 Å². The van der Waals surface area contributed by atoms with E-state index in [0.717, 1.165) is 44.3 Å². The Bertz CT molecular complexity index is 3420. The second kappa shape index (κ2) is 11.8. The summed E-state index contributed by atoms with van der Waals surface area (Å²) in [5.74, 6) is 0.652. The predicted molar refractivity (Wildman–Crippen MR) is 237 cm³/mol. The van der Waals surface area contributed by atoms with Crippen LogP contribution in [0.15, 0.2) is 182 Å². The van der Waals surface area contributed by atoms with Gasteiger partial charge in [0.15, 0.2) is 0 Å². The van der Waals surface area contributed by atoms with E-state index in [1.54, 1.807) is 0 Å². The van der Waals surface area contributed by atoms with E-state index in [2.05, 4.69) is 205 Å². The second-order valence-electron chi connectivity index (χ2n) is 15.8. The minimum absolute atomic E-state index is 0.148. The highest BCUT2D eigenvalue weighted by atomic mass is 15.2. The van der Waals surface area contributed by atoms with Crippen LogP contribution in [0, 0.1) is 0 Å². The molecule has 0 spiro atoms. The Morgan fingerprint density at radius 3 is 1.96 bits per heavy atom. The van der Waals surface area contributed by atoms with E-state index in [9.17, 15) is 0 Å². The Kier molecular flexibility index (Phi) is 6.65. The normalized spacial score (nSPS) is 13.2. The molecule has 0 atom stereocenters. The zero-order valence-electron chi connectivity index (χ0n) is 31.6. The van der Waals surface area contributed by atoms with Crippen molar-refractivity contribution in [2.75, 3.05) is 0 Å². The summed E-state index contributed by atoms with van der Waals surface area (Å²) in [4.78, 5) is 10.8. The molecule has 0 saturated carbocycles. The third kappa shape index (κ3) is 4.50. The van der Waals surface area contributed by atoms with Crippen LogP contribution >= 0.6 is 0 Å². The standard InChI is InChI=1S/C53H36N4/c1-53(2)43-25-12-9-20-37(43)39-24-15-23-36(49(39)53)34-28-30-46-42(32-34)48-47(31-29-40-38-21-11-14-27-45(38)56(51(40)48)35-18-7-4-8-19-35)57(46)52-54-44-26-13-10-22-41(44)50(55-52)33-16-5-3-6-17-33/h3-32H,1-2H3. The Morgan fingerprint density at radius 2 is 1.11 bits per heavy atom. The van der Waals surface area contributed by atoms with Gasteiger partial charge in [-0.05, 0) is 75.8 Å². The van der Waals surface area contributed by atoms with Crippen LogP contribution in [0.4, 0.5) is 0 Å². The summed E-state index contributed by atoms with van der Waals surface area (Å²) in [6.45, 7) is 4.74. The Labute approximate surface area is 329 Å². The summed E-state index contributed by atoms with van der Waals surface area (Å²) in [5.41, 5.74) is 16.2. The average molecular weight is 729 g/mol. The van der Waals surface area contributed by atoms with Crippen molar-refractivity contribution in [1.82, 2.24) is 19.1 Å². The molecular formula is C53H36N4. The van der Waals surface area contributed by atoms with Crippen LogP contribution in [0.2, 0.25) is 0 Å². The lowest BCUT2D eigenvalue weighted by molar-refractivity contribution is 0.662. The summed E-state index contributed by atoms with van der Waals surface area (Å²) in [6.07, 6.45) is 0. The van der Waals surface area contributed by atoms with Crippen LogP contribution in [-0.2, 0) is 5.41 Å². The molecule has 268 valence electrons. The van der Waals surface area contributed by atoms with Crippen LogP contribution in [0.1, 0.15) is 25.0 Å². The molecule has 4 heteroatoms. The molecule has 0 unspecified atom stereocenters. The van der Waals surface area contributed by atoms with Gasteiger partial charge in [-0.25, -0.2) is 9.97 Å². The monoisotopic (exact) mass is 728 g/mol. The fourth-order valence-corrected chi connectivity index (χ4v) is 9.86. The number of nitrogens with zero attached hydrogens (tertiary/aromatic N) is 4. The van der Waals surface area contributed by atoms with Gasteiger partial charge in [-0.2, -0.15) is 0 Å². The Hall–Kier alpha value is -7.30. The maximum Gasteiger partial charge on any atom is 0.235 e. The second-order valence-corrected chi connectivity index (χ2v) is 15.8. The van der Waals surface area contributed by atoms with Gasteiger partial charge in [0.05, 0.1) is 33.3 Å². The molecule has 0 aliphatic heterocycles. The van der Waals surface area contributed by atoms with Gasteiger partial charge in [-0.15, -0.1) is 0 Å². The molecule has 0 N–H and O–H groups in total. The number of benzene rings is 8. The third-order valence-electron chi connectivity index (χ3n) is 12.3. The molecular weight excluding hydrogens is 693 g/mol. The molecule has 1 aliphatic rings. The van der Waals surface area contributed by atoms with E-state index in [0.29, 0.717) is 5.95 Å². The fourth-order valence-electron chi connectivity index (χ4n) is 9.86. The quantitative estimate of drug-likeness (QED) is 0.181. The molecule has 0 fully saturated rings. The van der Waals surface area contributed by atoms with Crippen LogP contribution < -0.4 is 0 Å². The molecule has 3 aromatic heterocycles. The van der Waals surface area contributed by atoms with E-state index in [-0.39, 0.29) is 5.41 Å². The first kappa shape index (κ1) is 32.0. The smallest absolute Gasteiger partial charge is 0.235 e. The number of para-hydroxylation sites is 3. The largest absolute Gasteiger partial charge is 0.309 e. The molecule has 0 bridgehead atoms. The van der Waals surface area contributed by atoms with Crippen molar-refractivity contribution >= 4 is 54.5 Å². The van der Waals surface area contributed by atoms with Crippen molar-refractivity contribution in [2.45, 2.75) is 19.3 Å². The number of fused-ring (bicyclic) bond motifs is 11. The van der Waals surface area contributed by atoms with E-state index in [1.807, 2.05) is 0 Å². The fraction of sp³-hybridized carbons (Fsp3) is 0.0566. The number of rotatable bonds is 4. The summed E-state index contributed by atoms with van der Waals surface area (Å²) >= 11 is 0. The third-order valence-corrected chi connectivity index (χ3v) is 12.3. The maximum absolute atomic E-state index is 5.43. The molecule has 8 aromatic carbocycles. The average Bonchev–Trinajstić information content (AvgIpc) is 3.87. The van der Waals surface area contributed by atoms with E-state index >= 15 is 0 Å². The zero-order valence-corrected chi connectivity index (χ0v) is 31.6. The van der Waals surface area contributed by atoms with E-state index in [4.69, 9.17) is 9.97 Å². The summed E-state index contributed by atoms with van der Waals surface area (Å²) < 4.78 is 4.73. The van der Waals surface area contributed by atoms with Crippen molar-refractivity contribution in [2.24, 2.45) is 0 Å². The minimum atomic E-state index is -0.148. The molecule has 57 heavy (non-hydrogen) atoms. The lowest BCUT2D eigenvalue weighted by atomic mass is 9.79. The lowest BCUT2D eigenvalue weighted by Crippen LogP contribution is -2.16. The van der Waals surface area contributed by atoms with Gasteiger partial charge < -0.3 is 4.57 Å². The van der Waals surface area contributed by atoms with Gasteiger partial charge in [0, 0.05) is 43.6 Å². The van der Waals surface area contributed by atoms with Crippen LogP contribution in [0.3, 0.4) is 0 Å². The topological polar surface area (TPSA) is 35.6 Å². The highest BCUT2D eigenvalue weighted by Crippen LogP contribution is 2.52. The van der Waals surface area contributed by atoms with E-state index in [1.165, 1.54) is 60.6 Å². The molecule has 11 aromatic rings. The van der Waals surface area contributed by atoms with Crippen molar-refractivity contribution in [3.63, 3.8) is 0 Å². The highest BCUT2D eigenvalue weighted by molar-refractivity contribution is 6.26. The molecule has 0 saturated heterocycles. The van der Waals surface area contributed by atoms with Crippen LogP contribution in [-0.4, -0.2) is 19.1 Å². The maximum atomic E-state index is 5.43. The van der Waals surface area contributed by atoms with Gasteiger partial charge in [0.25, 0.3) is 0 Å². The number of aromatic nitrogens is 4. The SMILES string of the molecule is CC1(C)c2ccccc2-c2cccc(-c3ccc4c(c3)c3c(ccc5c6ccccc6n(-c6ccccc6)c53)n4-c3nc(-c4ccccc4)c4ccccc4n3)c21. The summed E-state index contributed by atoms with van der Waals surface area (Å²) in [7, 11) is 0. The van der Waals surface area contributed by atoms with Gasteiger partial charge in [-0.3, -0.25) is 4.57 Å². The minimum Gasteiger partial charge on any atom is -0.309 e. The summed E-state index contributed by atoms with van der Waals surface area (Å²) in [6, 6.07) is 65.7. The number of hydrogen-bond donors (Lipinski definition) is 0. The first-order chi connectivity index (χ1) is 28.1. The van der Waals surface area contributed by atoms with Gasteiger partial charge in [0.1, 0.15) is 0 Å². The molecule has 4 nitrogen and oxygen atoms in total. The van der Waals surface area contributed by atoms with Gasteiger partial charge in [-0.1, -0.05) is 153 Å². The van der Waals surface area contributed by atoms with Crippen LogP contribution in [0.5, 0.6) is 0 Å². The molecule has 3 heterocycles. The molecule has 12 rings (SSSR count). The Morgan fingerprint density at radius 1 is 0.439 bits per heavy atom. The van der Waals surface area contributed by atoms with Crippen molar-refractivity contribution in [3.05, 3.63) is 193 Å². The van der Waals surface area contributed by atoms with Crippen molar-refractivity contribution in [1.29, 1.82) is 0 Å². The first-order valence-electron chi connectivity index (χ1n) is 19.7. The zero-order chi connectivity index (χ0) is 37.8. The summed E-state index contributed by atoms with van der Waals surface area (Å²) in [5, 5.41) is 5.82. The van der Waals surface area contributed by atoms with Crippen molar-refractivity contribution < 1.29 is 0 Å². The number of hydrogen-bond acceptors (Lipinski definition) is 2. The van der Waals surface area contributed by atoms with Crippen LogP contribution in [0.25, 0.3) is 99.7 Å². The van der Waals surface area contributed by atoms with Crippen molar-refractivity contribution in [3.8, 4) is 45.1 Å². The van der Waals surface area contributed by atoms with Gasteiger partial charge >= 0.3 is 0 Å². The first-order valence-corrected chi connectivity index (χ1v) is 19.7. The molecule has 0 amide bonds. The van der Waals surface area contributed by atoms with E-state index < -0.39 is 0 Å².